The summed E-state index contributed by atoms with van der Waals surface area (Å²) in [7, 11) is 0. The zero-order valence-corrected chi connectivity index (χ0v) is 14.5. The number of carbonyl (C=O) groups is 1. The first-order valence-corrected chi connectivity index (χ1v) is 8.58. The molecule has 0 radical (unpaired) electrons. The Balaban J connectivity index is 1.68. The zero-order valence-electron chi connectivity index (χ0n) is 14.5. The van der Waals surface area contributed by atoms with Crippen LogP contribution >= 0.6 is 0 Å². The third kappa shape index (κ3) is 4.27. The van der Waals surface area contributed by atoms with Crippen LogP contribution in [0.25, 0.3) is 22.8 Å². The Morgan fingerprint density at radius 1 is 1.04 bits per heavy atom. The van der Waals surface area contributed by atoms with E-state index < -0.39 is 5.97 Å². The number of hydrogen-bond acceptors (Lipinski definition) is 5. The highest BCUT2D eigenvalue weighted by Crippen LogP contribution is 2.24. The van der Waals surface area contributed by atoms with Gasteiger partial charge in [0, 0.05) is 11.1 Å². The minimum atomic E-state index is -0.972. The van der Waals surface area contributed by atoms with Gasteiger partial charge in [0.25, 0.3) is 5.89 Å². The van der Waals surface area contributed by atoms with Gasteiger partial charge in [-0.2, -0.15) is 4.98 Å². The molecular formula is C20H20N2O4. The Morgan fingerprint density at radius 3 is 2.38 bits per heavy atom. The molecule has 0 aliphatic heterocycles. The molecule has 0 unspecified atom stereocenters. The highest BCUT2D eigenvalue weighted by atomic mass is 16.5. The van der Waals surface area contributed by atoms with Crippen molar-refractivity contribution in [2.24, 2.45) is 0 Å². The van der Waals surface area contributed by atoms with Crippen molar-refractivity contribution in [3.63, 3.8) is 0 Å². The maximum Gasteiger partial charge on any atom is 0.335 e. The van der Waals surface area contributed by atoms with Crippen LogP contribution in [0, 0.1) is 0 Å². The fourth-order valence-corrected chi connectivity index (χ4v) is 2.46. The van der Waals surface area contributed by atoms with Crippen LogP contribution in [0.3, 0.4) is 0 Å². The van der Waals surface area contributed by atoms with Crippen LogP contribution < -0.4 is 4.74 Å². The molecule has 0 atom stereocenters. The summed E-state index contributed by atoms with van der Waals surface area (Å²) in [6.45, 7) is 2.88. The predicted octanol–water partition coefficient (Wildman–Crippen LogP) is 4.67. The second kappa shape index (κ2) is 8.29. The van der Waals surface area contributed by atoms with Gasteiger partial charge in [0.1, 0.15) is 5.75 Å². The van der Waals surface area contributed by atoms with Crippen LogP contribution in [-0.4, -0.2) is 27.8 Å². The van der Waals surface area contributed by atoms with Crippen molar-refractivity contribution >= 4 is 5.97 Å². The van der Waals surface area contributed by atoms with Crippen molar-refractivity contribution in [2.75, 3.05) is 6.61 Å². The lowest BCUT2D eigenvalue weighted by molar-refractivity contribution is 0.0697. The predicted molar refractivity (Wildman–Crippen MR) is 97.1 cm³/mol. The van der Waals surface area contributed by atoms with Gasteiger partial charge in [-0.05, 0) is 55.0 Å². The van der Waals surface area contributed by atoms with Gasteiger partial charge in [-0.15, -0.1) is 0 Å². The Kier molecular flexibility index (Phi) is 5.63. The van der Waals surface area contributed by atoms with E-state index in [0.717, 1.165) is 24.2 Å². The van der Waals surface area contributed by atoms with Crippen molar-refractivity contribution < 1.29 is 19.2 Å². The van der Waals surface area contributed by atoms with E-state index in [-0.39, 0.29) is 5.56 Å². The SMILES string of the molecule is CCCCCOc1ccc(-c2noc(-c3ccc(C(=O)O)cc3)n2)cc1. The maximum atomic E-state index is 10.9. The summed E-state index contributed by atoms with van der Waals surface area (Å²) >= 11 is 0. The number of unbranched alkanes of at least 4 members (excludes halogenated alkanes) is 2. The smallest absolute Gasteiger partial charge is 0.335 e. The van der Waals surface area contributed by atoms with Gasteiger partial charge in [-0.1, -0.05) is 24.9 Å². The van der Waals surface area contributed by atoms with E-state index in [1.807, 2.05) is 24.3 Å². The number of benzene rings is 2. The van der Waals surface area contributed by atoms with E-state index in [1.165, 1.54) is 18.6 Å². The van der Waals surface area contributed by atoms with Crippen molar-refractivity contribution in [3.05, 3.63) is 54.1 Å². The van der Waals surface area contributed by atoms with Gasteiger partial charge in [-0.25, -0.2) is 4.79 Å². The van der Waals surface area contributed by atoms with Gasteiger partial charge in [-0.3, -0.25) is 0 Å². The van der Waals surface area contributed by atoms with E-state index in [9.17, 15) is 4.79 Å². The van der Waals surface area contributed by atoms with Crippen LogP contribution in [0.5, 0.6) is 5.75 Å². The fourth-order valence-electron chi connectivity index (χ4n) is 2.46. The molecule has 26 heavy (non-hydrogen) atoms. The molecule has 1 N–H and O–H groups in total. The summed E-state index contributed by atoms with van der Waals surface area (Å²) in [5.41, 5.74) is 1.70. The normalized spacial score (nSPS) is 10.7. The zero-order chi connectivity index (χ0) is 18.4. The number of ether oxygens (including phenoxy) is 1. The quantitative estimate of drug-likeness (QED) is 0.593. The molecule has 6 heteroatoms. The summed E-state index contributed by atoms with van der Waals surface area (Å²) in [5.74, 6) is 0.661. The van der Waals surface area contributed by atoms with E-state index in [4.69, 9.17) is 14.4 Å². The highest BCUT2D eigenvalue weighted by molar-refractivity contribution is 5.88. The van der Waals surface area contributed by atoms with Crippen molar-refractivity contribution in [1.29, 1.82) is 0 Å². The molecule has 6 nitrogen and oxygen atoms in total. The summed E-state index contributed by atoms with van der Waals surface area (Å²) in [6, 6.07) is 13.9. The largest absolute Gasteiger partial charge is 0.494 e. The van der Waals surface area contributed by atoms with E-state index in [1.54, 1.807) is 12.1 Å². The van der Waals surface area contributed by atoms with Gasteiger partial charge < -0.3 is 14.4 Å². The van der Waals surface area contributed by atoms with E-state index >= 15 is 0 Å². The van der Waals surface area contributed by atoms with Crippen LogP contribution in [0.15, 0.2) is 53.1 Å². The molecule has 0 bridgehead atoms. The van der Waals surface area contributed by atoms with Crippen LogP contribution in [0.2, 0.25) is 0 Å². The van der Waals surface area contributed by atoms with Crippen LogP contribution in [0.1, 0.15) is 36.5 Å². The van der Waals surface area contributed by atoms with E-state index in [0.29, 0.717) is 23.9 Å². The molecule has 0 fully saturated rings. The summed E-state index contributed by atoms with van der Waals surface area (Å²) in [5, 5.41) is 12.9. The van der Waals surface area contributed by atoms with Crippen molar-refractivity contribution in [2.45, 2.75) is 26.2 Å². The topological polar surface area (TPSA) is 85.5 Å². The number of aromatic carboxylic acids is 1. The minimum Gasteiger partial charge on any atom is -0.494 e. The maximum absolute atomic E-state index is 10.9. The molecule has 0 aliphatic carbocycles. The molecule has 134 valence electrons. The Hall–Kier alpha value is -3.15. The lowest BCUT2D eigenvalue weighted by Gasteiger charge is -2.05. The third-order valence-electron chi connectivity index (χ3n) is 3.93. The lowest BCUT2D eigenvalue weighted by Crippen LogP contribution is -1.96. The molecular weight excluding hydrogens is 332 g/mol. The monoisotopic (exact) mass is 352 g/mol. The molecule has 3 rings (SSSR count). The molecule has 1 heterocycles. The first-order valence-electron chi connectivity index (χ1n) is 8.58. The molecule has 0 aliphatic rings. The standard InChI is InChI=1S/C20H20N2O4/c1-2-3-4-13-25-17-11-9-14(10-12-17)18-21-19(26-22-18)15-5-7-16(8-6-15)20(23)24/h5-12H,2-4,13H2,1H3,(H,23,24). The Bertz CT molecular complexity index is 854. The van der Waals surface area contributed by atoms with Gasteiger partial charge in [0.15, 0.2) is 0 Å². The number of hydrogen-bond donors (Lipinski definition) is 1. The number of nitrogens with zero attached hydrogens (tertiary/aromatic N) is 2. The molecule has 0 saturated heterocycles. The summed E-state index contributed by atoms with van der Waals surface area (Å²) in [6.07, 6.45) is 3.38. The highest BCUT2D eigenvalue weighted by Gasteiger charge is 2.11. The van der Waals surface area contributed by atoms with Crippen LogP contribution in [-0.2, 0) is 0 Å². The van der Waals surface area contributed by atoms with Crippen LogP contribution in [0.4, 0.5) is 0 Å². The molecule has 0 amide bonds. The summed E-state index contributed by atoms with van der Waals surface area (Å²) in [4.78, 5) is 15.3. The van der Waals surface area contributed by atoms with Crippen molar-refractivity contribution in [3.8, 4) is 28.6 Å². The first-order chi connectivity index (χ1) is 12.7. The Labute approximate surface area is 151 Å². The van der Waals surface area contributed by atoms with E-state index in [2.05, 4.69) is 17.1 Å². The minimum absolute atomic E-state index is 0.211. The number of rotatable bonds is 8. The van der Waals surface area contributed by atoms with Crippen molar-refractivity contribution in [1.82, 2.24) is 10.1 Å². The number of carboxylic acid groups (broad SMARTS) is 1. The van der Waals surface area contributed by atoms with Gasteiger partial charge in [0.2, 0.25) is 5.82 Å². The lowest BCUT2D eigenvalue weighted by atomic mass is 10.1. The fraction of sp³-hybridized carbons (Fsp3) is 0.250. The third-order valence-corrected chi connectivity index (χ3v) is 3.93. The molecule has 3 aromatic rings. The van der Waals surface area contributed by atoms with Gasteiger partial charge in [0.05, 0.1) is 12.2 Å². The Morgan fingerprint density at radius 2 is 1.73 bits per heavy atom. The second-order valence-electron chi connectivity index (χ2n) is 5.89. The molecule has 2 aromatic carbocycles. The summed E-state index contributed by atoms with van der Waals surface area (Å²) < 4.78 is 11.0. The molecule has 0 spiro atoms. The number of aromatic nitrogens is 2. The average molecular weight is 352 g/mol. The number of carboxylic acids is 1. The average Bonchev–Trinajstić information content (AvgIpc) is 3.16. The first kappa shape index (κ1) is 17.7. The molecule has 1 aromatic heterocycles. The second-order valence-corrected chi connectivity index (χ2v) is 5.89. The van der Waals surface area contributed by atoms with Gasteiger partial charge >= 0.3 is 5.97 Å². The molecule has 0 saturated carbocycles.